The highest BCUT2D eigenvalue weighted by Crippen LogP contribution is 2.32. The SMILES string of the molecule is COc1ccc(C(=O)NCC(C)(C)N2CCOCC2)cc1S(=O)(=O)N1CC(C)CC(C)C1. The van der Waals surface area contributed by atoms with Crippen molar-refractivity contribution >= 4 is 15.9 Å². The van der Waals surface area contributed by atoms with E-state index in [0.717, 1.165) is 19.5 Å². The van der Waals surface area contributed by atoms with E-state index in [9.17, 15) is 13.2 Å². The van der Waals surface area contributed by atoms with E-state index in [4.69, 9.17) is 9.47 Å². The van der Waals surface area contributed by atoms with E-state index in [1.54, 1.807) is 12.1 Å². The van der Waals surface area contributed by atoms with Gasteiger partial charge in [0.15, 0.2) is 0 Å². The quantitative estimate of drug-likeness (QED) is 0.662. The molecule has 2 fully saturated rings. The second kappa shape index (κ2) is 10.1. The van der Waals surface area contributed by atoms with Crippen LogP contribution in [0.4, 0.5) is 0 Å². The van der Waals surface area contributed by atoms with Crippen LogP contribution in [0.15, 0.2) is 23.1 Å². The van der Waals surface area contributed by atoms with Crippen LogP contribution in [0, 0.1) is 11.8 Å². The van der Waals surface area contributed by atoms with Crippen LogP contribution in [0.3, 0.4) is 0 Å². The molecule has 32 heavy (non-hydrogen) atoms. The summed E-state index contributed by atoms with van der Waals surface area (Å²) in [5.74, 6) is 0.522. The largest absolute Gasteiger partial charge is 0.495 e. The van der Waals surface area contributed by atoms with Crippen LogP contribution >= 0.6 is 0 Å². The lowest BCUT2D eigenvalue weighted by molar-refractivity contribution is -0.00923. The van der Waals surface area contributed by atoms with Crippen LogP contribution in [0.2, 0.25) is 0 Å². The Morgan fingerprint density at radius 1 is 1.19 bits per heavy atom. The smallest absolute Gasteiger partial charge is 0.251 e. The van der Waals surface area contributed by atoms with Crippen molar-refractivity contribution < 1.29 is 22.7 Å². The van der Waals surface area contributed by atoms with Crippen molar-refractivity contribution in [3.8, 4) is 5.75 Å². The van der Waals surface area contributed by atoms with Crippen molar-refractivity contribution in [3.05, 3.63) is 23.8 Å². The van der Waals surface area contributed by atoms with Crippen LogP contribution in [0.5, 0.6) is 5.75 Å². The number of nitrogens with zero attached hydrogens (tertiary/aromatic N) is 2. The summed E-state index contributed by atoms with van der Waals surface area (Å²) in [4.78, 5) is 15.3. The summed E-state index contributed by atoms with van der Waals surface area (Å²) in [5, 5.41) is 2.98. The Morgan fingerprint density at radius 2 is 1.81 bits per heavy atom. The van der Waals surface area contributed by atoms with Gasteiger partial charge in [0.05, 0.1) is 20.3 Å². The molecule has 2 saturated heterocycles. The number of hydrogen-bond donors (Lipinski definition) is 1. The number of amides is 1. The van der Waals surface area contributed by atoms with Gasteiger partial charge in [-0.25, -0.2) is 8.42 Å². The minimum absolute atomic E-state index is 0.0430. The molecule has 0 bridgehead atoms. The molecule has 2 unspecified atom stereocenters. The number of morpholine rings is 1. The predicted octanol–water partition coefficient (Wildman–Crippen LogP) is 2.20. The predicted molar refractivity (Wildman–Crippen MR) is 124 cm³/mol. The third kappa shape index (κ3) is 5.62. The molecule has 2 heterocycles. The number of sulfonamides is 1. The van der Waals surface area contributed by atoms with E-state index >= 15 is 0 Å². The van der Waals surface area contributed by atoms with E-state index in [2.05, 4.69) is 37.9 Å². The van der Waals surface area contributed by atoms with Crippen molar-refractivity contribution in [2.45, 2.75) is 44.6 Å². The van der Waals surface area contributed by atoms with Crippen LogP contribution in [0.1, 0.15) is 44.5 Å². The molecule has 0 spiro atoms. The highest BCUT2D eigenvalue weighted by atomic mass is 32.2. The molecule has 2 aliphatic rings. The second-order valence-corrected chi connectivity index (χ2v) is 11.6. The maximum Gasteiger partial charge on any atom is 0.251 e. The van der Waals surface area contributed by atoms with Crippen molar-refractivity contribution in [1.82, 2.24) is 14.5 Å². The van der Waals surface area contributed by atoms with Crippen molar-refractivity contribution in [1.29, 1.82) is 0 Å². The number of ether oxygens (including phenoxy) is 2. The van der Waals surface area contributed by atoms with Gasteiger partial charge in [-0.3, -0.25) is 9.69 Å². The van der Waals surface area contributed by atoms with Crippen LogP contribution in [-0.2, 0) is 14.8 Å². The van der Waals surface area contributed by atoms with Gasteiger partial charge in [-0.15, -0.1) is 0 Å². The molecule has 2 aliphatic heterocycles. The zero-order valence-electron chi connectivity index (χ0n) is 19.9. The Kier molecular flexibility index (Phi) is 7.85. The molecule has 9 heteroatoms. The molecule has 3 rings (SSSR count). The third-order valence-electron chi connectivity index (χ3n) is 6.43. The Hall–Kier alpha value is -1.68. The maximum absolute atomic E-state index is 13.5. The first-order chi connectivity index (χ1) is 15.0. The molecule has 1 aromatic rings. The number of carbonyl (C=O) groups excluding carboxylic acids is 1. The van der Waals surface area contributed by atoms with Crippen molar-refractivity contribution in [3.63, 3.8) is 0 Å². The van der Waals surface area contributed by atoms with Gasteiger partial charge in [0, 0.05) is 43.8 Å². The molecule has 0 aromatic heterocycles. The Morgan fingerprint density at radius 3 is 2.41 bits per heavy atom. The fourth-order valence-corrected chi connectivity index (χ4v) is 6.50. The molecular weight excluding hydrogens is 430 g/mol. The summed E-state index contributed by atoms with van der Waals surface area (Å²) in [6.07, 6.45) is 1.00. The number of rotatable bonds is 7. The van der Waals surface area contributed by atoms with E-state index in [1.165, 1.54) is 17.5 Å². The van der Waals surface area contributed by atoms with Crippen LogP contribution < -0.4 is 10.1 Å². The first-order valence-corrected chi connectivity index (χ1v) is 12.8. The zero-order valence-corrected chi connectivity index (χ0v) is 20.7. The Labute approximate surface area is 192 Å². The summed E-state index contributed by atoms with van der Waals surface area (Å²) in [7, 11) is -2.34. The number of piperidine rings is 1. The third-order valence-corrected chi connectivity index (χ3v) is 8.28. The summed E-state index contributed by atoms with van der Waals surface area (Å²) < 4.78 is 39.2. The minimum Gasteiger partial charge on any atom is -0.495 e. The van der Waals surface area contributed by atoms with Crippen LogP contribution in [-0.4, -0.2) is 82.1 Å². The van der Waals surface area contributed by atoms with Crippen molar-refractivity contribution in [2.24, 2.45) is 11.8 Å². The van der Waals surface area contributed by atoms with Gasteiger partial charge in [-0.05, 0) is 50.3 Å². The fraction of sp³-hybridized carbons (Fsp3) is 0.696. The number of benzene rings is 1. The first kappa shape index (κ1) is 25.0. The molecule has 180 valence electrons. The molecule has 0 saturated carbocycles. The summed E-state index contributed by atoms with van der Waals surface area (Å²) in [6, 6.07) is 4.61. The summed E-state index contributed by atoms with van der Waals surface area (Å²) >= 11 is 0. The van der Waals surface area contributed by atoms with Gasteiger partial charge in [0.2, 0.25) is 10.0 Å². The Bertz CT molecular complexity index is 902. The monoisotopic (exact) mass is 467 g/mol. The Balaban J connectivity index is 1.78. The highest BCUT2D eigenvalue weighted by molar-refractivity contribution is 7.89. The van der Waals surface area contributed by atoms with Gasteiger partial charge in [-0.1, -0.05) is 13.8 Å². The number of hydrogen-bond acceptors (Lipinski definition) is 6. The number of methoxy groups -OCH3 is 1. The average Bonchev–Trinajstić information content (AvgIpc) is 2.77. The minimum atomic E-state index is -3.78. The number of nitrogens with one attached hydrogen (secondary N) is 1. The second-order valence-electron chi connectivity index (χ2n) is 9.73. The topological polar surface area (TPSA) is 88.2 Å². The van der Waals surface area contributed by atoms with E-state index < -0.39 is 10.0 Å². The summed E-state index contributed by atoms with van der Waals surface area (Å²) in [6.45, 7) is 12.7. The van der Waals surface area contributed by atoms with Gasteiger partial charge in [-0.2, -0.15) is 4.31 Å². The first-order valence-electron chi connectivity index (χ1n) is 11.3. The van der Waals surface area contributed by atoms with Gasteiger partial charge < -0.3 is 14.8 Å². The molecule has 8 nitrogen and oxygen atoms in total. The standard InChI is InChI=1S/C23H37N3O5S/c1-17-12-18(2)15-26(14-17)32(28,29)21-13-19(6-7-20(21)30-5)22(27)24-16-23(3,4)25-8-10-31-11-9-25/h6-7,13,17-18H,8-12,14-16H2,1-5H3,(H,24,27). The summed E-state index contributed by atoms with van der Waals surface area (Å²) in [5.41, 5.74) is 0.0706. The lowest BCUT2D eigenvalue weighted by Crippen LogP contribution is -2.55. The lowest BCUT2D eigenvalue weighted by atomic mass is 9.94. The molecule has 0 radical (unpaired) electrons. The molecule has 1 N–H and O–H groups in total. The maximum atomic E-state index is 13.5. The van der Waals surface area contributed by atoms with E-state index in [0.29, 0.717) is 38.4 Å². The molecule has 0 aliphatic carbocycles. The molecular formula is C23H37N3O5S. The van der Waals surface area contributed by atoms with Gasteiger partial charge >= 0.3 is 0 Å². The normalized spacial score (nSPS) is 23.7. The molecule has 2 atom stereocenters. The average molecular weight is 468 g/mol. The van der Waals surface area contributed by atoms with Crippen LogP contribution in [0.25, 0.3) is 0 Å². The van der Waals surface area contributed by atoms with E-state index in [-0.39, 0.29) is 33.9 Å². The highest BCUT2D eigenvalue weighted by Gasteiger charge is 2.34. The lowest BCUT2D eigenvalue weighted by Gasteiger charge is -2.40. The number of carbonyl (C=O) groups is 1. The fourth-order valence-electron chi connectivity index (χ4n) is 4.64. The zero-order chi connectivity index (χ0) is 23.5. The molecule has 1 aromatic carbocycles. The van der Waals surface area contributed by atoms with Crippen molar-refractivity contribution in [2.75, 3.05) is 53.0 Å². The van der Waals surface area contributed by atoms with Gasteiger partial charge in [0.25, 0.3) is 5.91 Å². The van der Waals surface area contributed by atoms with E-state index in [1.807, 2.05) is 0 Å². The molecule has 1 amide bonds. The van der Waals surface area contributed by atoms with Gasteiger partial charge in [0.1, 0.15) is 10.6 Å².